The highest BCUT2D eigenvalue weighted by molar-refractivity contribution is 5.29. The van der Waals surface area contributed by atoms with Crippen LogP contribution in [0.15, 0.2) is 23.4 Å². The van der Waals surface area contributed by atoms with Gasteiger partial charge in [0.15, 0.2) is 0 Å². The van der Waals surface area contributed by atoms with Crippen LogP contribution in [-0.4, -0.2) is 0 Å². The first-order chi connectivity index (χ1) is 6.04. The first-order valence-corrected chi connectivity index (χ1v) is 4.53. The summed E-state index contributed by atoms with van der Waals surface area (Å²) in [5.74, 6) is 0.379. The maximum absolute atomic E-state index is 8.76. The van der Waals surface area contributed by atoms with Crippen LogP contribution in [0.1, 0.15) is 27.7 Å². The second kappa shape index (κ2) is 5.42. The fourth-order valence-electron chi connectivity index (χ4n) is 1.23. The van der Waals surface area contributed by atoms with Crippen molar-refractivity contribution in [2.24, 2.45) is 17.6 Å². The second-order valence-electron chi connectivity index (χ2n) is 3.50. The predicted octanol–water partition coefficient (Wildman–Crippen LogP) is 2.59. The summed E-state index contributed by atoms with van der Waals surface area (Å²) < 4.78 is 0. The number of allylic oxidation sites excluding steroid dienone is 3. The Balaban J connectivity index is 4.99. The standard InChI is InChI=1S/C11H18N2/c1-8(2)11(5-6-12)10(4)9(3)7-13/h5-6,8-9H,12H2,1-4H3/b6-5-,11-10-. The molecule has 0 fully saturated rings. The van der Waals surface area contributed by atoms with Gasteiger partial charge in [-0.15, -0.1) is 0 Å². The molecule has 1 unspecified atom stereocenters. The van der Waals surface area contributed by atoms with Crippen molar-refractivity contribution in [2.75, 3.05) is 0 Å². The maximum Gasteiger partial charge on any atom is 0.0697 e. The van der Waals surface area contributed by atoms with Crippen LogP contribution in [0.2, 0.25) is 0 Å². The van der Waals surface area contributed by atoms with E-state index in [0.29, 0.717) is 5.92 Å². The molecule has 0 aliphatic rings. The van der Waals surface area contributed by atoms with Gasteiger partial charge < -0.3 is 5.73 Å². The van der Waals surface area contributed by atoms with Crippen molar-refractivity contribution in [2.45, 2.75) is 27.7 Å². The van der Waals surface area contributed by atoms with Gasteiger partial charge in [-0.05, 0) is 37.6 Å². The summed E-state index contributed by atoms with van der Waals surface area (Å²) in [6, 6.07) is 2.23. The Bertz CT molecular complexity index is 254. The Morgan fingerprint density at radius 1 is 1.38 bits per heavy atom. The van der Waals surface area contributed by atoms with Crippen molar-refractivity contribution >= 4 is 0 Å². The van der Waals surface area contributed by atoms with Crippen LogP contribution in [0.3, 0.4) is 0 Å². The Kier molecular flexibility index (Phi) is 4.91. The molecule has 2 nitrogen and oxygen atoms in total. The van der Waals surface area contributed by atoms with Crippen LogP contribution < -0.4 is 5.73 Å². The zero-order chi connectivity index (χ0) is 10.4. The molecule has 0 amide bonds. The summed E-state index contributed by atoms with van der Waals surface area (Å²) in [6.07, 6.45) is 3.41. The fourth-order valence-corrected chi connectivity index (χ4v) is 1.23. The molecule has 1 atom stereocenters. The minimum Gasteiger partial charge on any atom is -0.405 e. The highest BCUT2D eigenvalue weighted by Gasteiger charge is 2.09. The van der Waals surface area contributed by atoms with Crippen LogP contribution in [0, 0.1) is 23.2 Å². The number of hydrogen-bond donors (Lipinski definition) is 1. The molecule has 0 radical (unpaired) electrons. The molecular weight excluding hydrogens is 160 g/mol. The topological polar surface area (TPSA) is 49.8 Å². The summed E-state index contributed by atoms with van der Waals surface area (Å²) in [5, 5.41) is 8.76. The van der Waals surface area contributed by atoms with E-state index < -0.39 is 0 Å². The summed E-state index contributed by atoms with van der Waals surface area (Å²) in [6.45, 7) is 8.09. The van der Waals surface area contributed by atoms with E-state index in [2.05, 4.69) is 19.9 Å². The number of rotatable bonds is 3. The fraction of sp³-hybridized carbons (Fsp3) is 0.545. The Morgan fingerprint density at radius 3 is 2.23 bits per heavy atom. The summed E-state index contributed by atoms with van der Waals surface area (Å²) in [4.78, 5) is 0. The van der Waals surface area contributed by atoms with Crippen molar-refractivity contribution in [3.8, 4) is 6.07 Å². The molecule has 72 valence electrons. The summed E-state index contributed by atoms with van der Waals surface area (Å²) >= 11 is 0. The molecule has 0 aromatic carbocycles. The molecule has 2 heteroatoms. The summed E-state index contributed by atoms with van der Waals surface area (Å²) in [5.41, 5.74) is 7.62. The minimum atomic E-state index is -0.0337. The third-order valence-electron chi connectivity index (χ3n) is 2.20. The molecule has 0 saturated carbocycles. The normalized spacial score (nSPS) is 15.7. The van der Waals surface area contributed by atoms with Crippen LogP contribution in [-0.2, 0) is 0 Å². The number of nitriles is 1. The monoisotopic (exact) mass is 178 g/mol. The van der Waals surface area contributed by atoms with Crippen LogP contribution in [0.4, 0.5) is 0 Å². The predicted molar refractivity (Wildman–Crippen MR) is 55.6 cm³/mol. The van der Waals surface area contributed by atoms with Crippen molar-refractivity contribution < 1.29 is 0 Å². The third kappa shape index (κ3) is 3.33. The highest BCUT2D eigenvalue weighted by atomic mass is 14.5. The van der Waals surface area contributed by atoms with Crippen molar-refractivity contribution in [3.05, 3.63) is 23.4 Å². The number of nitrogens with two attached hydrogens (primary N) is 1. The largest absolute Gasteiger partial charge is 0.405 e. The molecule has 0 bridgehead atoms. The van der Waals surface area contributed by atoms with E-state index in [9.17, 15) is 0 Å². The van der Waals surface area contributed by atoms with Crippen molar-refractivity contribution in [1.82, 2.24) is 0 Å². The quantitative estimate of drug-likeness (QED) is 0.675. The van der Waals surface area contributed by atoms with Gasteiger partial charge in [-0.25, -0.2) is 0 Å². The SMILES string of the molecule is C/C(=C(\C=C/N)C(C)C)C(C)C#N. The van der Waals surface area contributed by atoms with Gasteiger partial charge in [-0.1, -0.05) is 19.4 Å². The maximum atomic E-state index is 8.76. The first-order valence-electron chi connectivity index (χ1n) is 4.53. The van der Waals surface area contributed by atoms with Gasteiger partial charge in [0.05, 0.1) is 12.0 Å². The van der Waals surface area contributed by atoms with Crippen molar-refractivity contribution in [1.29, 1.82) is 5.26 Å². The van der Waals surface area contributed by atoms with E-state index in [1.54, 1.807) is 0 Å². The molecule has 0 aromatic rings. The lowest BCUT2D eigenvalue weighted by Gasteiger charge is -2.13. The molecule has 0 spiro atoms. The van der Waals surface area contributed by atoms with Crippen LogP contribution >= 0.6 is 0 Å². The van der Waals surface area contributed by atoms with E-state index in [4.69, 9.17) is 11.0 Å². The van der Waals surface area contributed by atoms with Crippen molar-refractivity contribution in [3.63, 3.8) is 0 Å². The zero-order valence-corrected chi connectivity index (χ0v) is 8.83. The minimum absolute atomic E-state index is 0.0337. The average molecular weight is 178 g/mol. The van der Waals surface area contributed by atoms with Gasteiger partial charge in [0.25, 0.3) is 0 Å². The lowest BCUT2D eigenvalue weighted by Crippen LogP contribution is -2.02. The third-order valence-corrected chi connectivity index (χ3v) is 2.20. The van der Waals surface area contributed by atoms with Gasteiger partial charge in [-0.2, -0.15) is 5.26 Å². The highest BCUT2D eigenvalue weighted by Crippen LogP contribution is 2.21. The van der Waals surface area contributed by atoms with Gasteiger partial charge in [0.2, 0.25) is 0 Å². The van der Waals surface area contributed by atoms with E-state index >= 15 is 0 Å². The Hall–Kier alpha value is -1.23. The number of nitrogens with zero attached hydrogens (tertiary/aromatic N) is 1. The van der Waals surface area contributed by atoms with Gasteiger partial charge in [-0.3, -0.25) is 0 Å². The summed E-state index contributed by atoms with van der Waals surface area (Å²) in [7, 11) is 0. The molecule has 0 saturated heterocycles. The molecule has 0 aliphatic heterocycles. The van der Waals surface area contributed by atoms with Gasteiger partial charge in [0.1, 0.15) is 0 Å². The molecule has 2 N–H and O–H groups in total. The number of hydrogen-bond acceptors (Lipinski definition) is 2. The van der Waals surface area contributed by atoms with E-state index in [0.717, 1.165) is 11.1 Å². The molecule has 13 heavy (non-hydrogen) atoms. The van der Waals surface area contributed by atoms with Gasteiger partial charge >= 0.3 is 0 Å². The van der Waals surface area contributed by atoms with Gasteiger partial charge in [0, 0.05) is 0 Å². The second-order valence-corrected chi connectivity index (χ2v) is 3.50. The molecule has 0 aromatic heterocycles. The molecular formula is C11H18N2. The molecule has 0 aliphatic carbocycles. The smallest absolute Gasteiger partial charge is 0.0697 e. The molecule has 0 rings (SSSR count). The molecule has 0 heterocycles. The lowest BCUT2D eigenvalue weighted by molar-refractivity contribution is 0.745. The first kappa shape index (κ1) is 11.8. The lowest BCUT2D eigenvalue weighted by atomic mass is 9.91. The van der Waals surface area contributed by atoms with Crippen LogP contribution in [0.5, 0.6) is 0 Å². The Morgan fingerprint density at radius 2 is 1.92 bits per heavy atom. The van der Waals surface area contributed by atoms with E-state index in [1.165, 1.54) is 6.20 Å². The van der Waals surface area contributed by atoms with Crippen LogP contribution in [0.25, 0.3) is 0 Å². The Labute approximate surface area is 80.7 Å². The van der Waals surface area contributed by atoms with E-state index in [-0.39, 0.29) is 5.92 Å². The average Bonchev–Trinajstić information content (AvgIpc) is 2.11. The zero-order valence-electron chi connectivity index (χ0n) is 8.83. The van der Waals surface area contributed by atoms with E-state index in [1.807, 2.05) is 19.9 Å².